The van der Waals surface area contributed by atoms with Crippen molar-refractivity contribution < 1.29 is 4.74 Å². The van der Waals surface area contributed by atoms with Crippen LogP contribution in [0.15, 0.2) is 78.9 Å². The Morgan fingerprint density at radius 2 is 1.48 bits per heavy atom. The fraction of sp³-hybridized carbons (Fsp3) is 0. The van der Waals surface area contributed by atoms with Gasteiger partial charge in [-0.15, -0.1) is 0 Å². The van der Waals surface area contributed by atoms with Gasteiger partial charge in [-0.25, -0.2) is 4.98 Å². The molecule has 0 saturated heterocycles. The molecule has 1 aromatic heterocycles. The van der Waals surface area contributed by atoms with Crippen LogP contribution in [0.4, 0.5) is 11.5 Å². The van der Waals surface area contributed by atoms with Crippen molar-refractivity contribution in [1.29, 1.82) is 0 Å². The number of ether oxygens (including phenoxy) is 1. The van der Waals surface area contributed by atoms with Crippen molar-refractivity contribution in [1.82, 2.24) is 9.97 Å². The van der Waals surface area contributed by atoms with Gasteiger partial charge in [0.2, 0.25) is 0 Å². The number of nitrogens with one attached hydrogen (secondary N) is 2. The maximum absolute atomic E-state index is 5.81. The maximum Gasteiger partial charge on any atom is 0.199 e. The van der Waals surface area contributed by atoms with Gasteiger partial charge < -0.3 is 15.0 Å². The van der Waals surface area contributed by atoms with E-state index < -0.39 is 0 Å². The first-order valence-electron chi connectivity index (χ1n) is 7.87. The summed E-state index contributed by atoms with van der Waals surface area (Å²) in [7, 11) is 0. The third-order valence-corrected chi connectivity index (χ3v) is 3.93. The summed E-state index contributed by atoms with van der Waals surface area (Å²) >= 11 is 5.21. The summed E-state index contributed by atoms with van der Waals surface area (Å²) in [6.45, 7) is 0. The lowest BCUT2D eigenvalue weighted by Gasteiger charge is -2.10. The van der Waals surface area contributed by atoms with E-state index in [4.69, 9.17) is 17.0 Å². The fourth-order valence-electron chi connectivity index (χ4n) is 2.57. The number of hydrogen-bond acceptors (Lipinski definition) is 4. The largest absolute Gasteiger partial charge is 0.457 e. The highest BCUT2D eigenvalue weighted by molar-refractivity contribution is 7.71. The van der Waals surface area contributed by atoms with E-state index in [2.05, 4.69) is 15.3 Å². The summed E-state index contributed by atoms with van der Waals surface area (Å²) in [5.41, 5.74) is 1.87. The second kappa shape index (κ2) is 6.75. The Kier molecular flexibility index (Phi) is 4.14. The molecule has 0 saturated carbocycles. The number of benzene rings is 3. The Bertz CT molecular complexity index is 1060. The number of para-hydroxylation sites is 2. The summed E-state index contributed by atoms with van der Waals surface area (Å²) in [6, 6.07) is 25.4. The van der Waals surface area contributed by atoms with Gasteiger partial charge in [0.1, 0.15) is 17.3 Å². The minimum atomic E-state index is 0.449. The van der Waals surface area contributed by atoms with Gasteiger partial charge in [-0.3, -0.25) is 0 Å². The van der Waals surface area contributed by atoms with Crippen LogP contribution in [-0.4, -0.2) is 9.97 Å². The van der Waals surface area contributed by atoms with E-state index in [1.807, 2.05) is 78.9 Å². The highest BCUT2D eigenvalue weighted by atomic mass is 32.1. The summed E-state index contributed by atoms with van der Waals surface area (Å²) in [4.78, 5) is 7.50. The van der Waals surface area contributed by atoms with Crippen LogP contribution in [0.2, 0.25) is 0 Å². The van der Waals surface area contributed by atoms with Crippen molar-refractivity contribution in [2.24, 2.45) is 0 Å². The summed E-state index contributed by atoms with van der Waals surface area (Å²) < 4.78 is 6.26. The molecule has 0 fully saturated rings. The van der Waals surface area contributed by atoms with E-state index >= 15 is 0 Å². The summed E-state index contributed by atoms with van der Waals surface area (Å²) in [5, 5.41) is 4.31. The molecule has 122 valence electrons. The molecule has 5 heteroatoms. The molecule has 0 aliphatic carbocycles. The first-order chi connectivity index (χ1) is 12.3. The van der Waals surface area contributed by atoms with Crippen LogP contribution in [0, 0.1) is 4.77 Å². The fourth-order valence-corrected chi connectivity index (χ4v) is 2.77. The van der Waals surface area contributed by atoms with E-state index in [1.165, 1.54) is 0 Å². The minimum Gasteiger partial charge on any atom is -0.457 e. The lowest BCUT2D eigenvalue weighted by atomic mass is 10.2. The van der Waals surface area contributed by atoms with E-state index in [-0.39, 0.29) is 0 Å². The molecule has 1 heterocycles. The van der Waals surface area contributed by atoms with Crippen molar-refractivity contribution in [3.63, 3.8) is 0 Å². The van der Waals surface area contributed by atoms with Gasteiger partial charge >= 0.3 is 0 Å². The van der Waals surface area contributed by atoms with E-state index in [1.54, 1.807) is 0 Å². The van der Waals surface area contributed by atoms with Gasteiger partial charge in [0.15, 0.2) is 4.77 Å². The number of hydrogen-bond donors (Lipinski definition) is 2. The maximum atomic E-state index is 5.81. The Morgan fingerprint density at radius 3 is 2.28 bits per heavy atom. The molecule has 25 heavy (non-hydrogen) atoms. The molecule has 0 atom stereocenters. The molecule has 2 N–H and O–H groups in total. The topological polar surface area (TPSA) is 49.9 Å². The first kappa shape index (κ1) is 15.4. The lowest BCUT2D eigenvalue weighted by molar-refractivity contribution is 0.483. The van der Waals surface area contributed by atoms with Gasteiger partial charge in [0, 0.05) is 11.1 Å². The number of nitrogens with zero attached hydrogens (tertiary/aromatic N) is 1. The smallest absolute Gasteiger partial charge is 0.199 e. The zero-order valence-corrected chi connectivity index (χ0v) is 14.1. The van der Waals surface area contributed by atoms with E-state index in [0.717, 1.165) is 33.9 Å². The van der Waals surface area contributed by atoms with Crippen LogP contribution in [0.1, 0.15) is 0 Å². The molecule has 0 unspecified atom stereocenters. The molecule has 0 spiro atoms. The molecular weight excluding hydrogens is 330 g/mol. The van der Waals surface area contributed by atoms with Crippen molar-refractivity contribution in [2.75, 3.05) is 5.32 Å². The SMILES string of the molecule is S=c1nc(Nc2ccc(Oc3ccccc3)cc2)c2ccccc2[nH]1. The van der Waals surface area contributed by atoms with Crippen LogP contribution >= 0.6 is 12.2 Å². The monoisotopic (exact) mass is 345 g/mol. The Morgan fingerprint density at radius 1 is 0.800 bits per heavy atom. The molecule has 0 amide bonds. The average molecular weight is 345 g/mol. The highest BCUT2D eigenvalue weighted by Gasteiger charge is 2.04. The van der Waals surface area contributed by atoms with Crippen LogP contribution in [-0.2, 0) is 0 Å². The first-order valence-corrected chi connectivity index (χ1v) is 8.28. The van der Waals surface area contributed by atoms with Crippen molar-refractivity contribution in [3.05, 3.63) is 83.6 Å². The zero-order chi connectivity index (χ0) is 17.1. The number of rotatable bonds is 4. The van der Waals surface area contributed by atoms with Crippen LogP contribution in [0.5, 0.6) is 11.5 Å². The second-order valence-corrected chi connectivity index (χ2v) is 5.89. The predicted octanol–water partition coefficient (Wildman–Crippen LogP) is 5.83. The second-order valence-electron chi connectivity index (χ2n) is 5.50. The third-order valence-electron chi connectivity index (χ3n) is 3.73. The van der Waals surface area contributed by atoms with E-state index in [0.29, 0.717) is 4.77 Å². The van der Waals surface area contributed by atoms with Gasteiger partial charge in [0.05, 0.1) is 5.52 Å². The molecular formula is C20H15N3OS. The van der Waals surface area contributed by atoms with Crippen LogP contribution in [0.25, 0.3) is 10.9 Å². The number of fused-ring (bicyclic) bond motifs is 1. The lowest BCUT2D eigenvalue weighted by Crippen LogP contribution is -1.97. The van der Waals surface area contributed by atoms with Crippen LogP contribution in [0.3, 0.4) is 0 Å². The van der Waals surface area contributed by atoms with Crippen molar-refractivity contribution >= 4 is 34.6 Å². The molecule has 4 rings (SSSR count). The van der Waals surface area contributed by atoms with Gasteiger partial charge in [0.25, 0.3) is 0 Å². The average Bonchev–Trinajstić information content (AvgIpc) is 2.64. The highest BCUT2D eigenvalue weighted by Crippen LogP contribution is 2.26. The standard InChI is InChI=1S/C20H15N3OS/c25-20-22-18-9-5-4-8-17(18)19(23-20)21-14-10-12-16(13-11-14)24-15-6-2-1-3-7-15/h1-13H,(H2,21,22,23,25). The van der Waals surface area contributed by atoms with Gasteiger partial charge in [-0.05, 0) is 60.7 Å². The number of anilines is 2. The molecule has 0 aliphatic rings. The van der Waals surface area contributed by atoms with Gasteiger partial charge in [-0.1, -0.05) is 30.3 Å². The minimum absolute atomic E-state index is 0.449. The Labute approximate surface area is 150 Å². The Hall–Kier alpha value is -3.18. The predicted molar refractivity (Wildman–Crippen MR) is 103 cm³/mol. The quantitative estimate of drug-likeness (QED) is 0.457. The normalized spacial score (nSPS) is 10.6. The number of H-pyrrole nitrogens is 1. The third kappa shape index (κ3) is 3.51. The zero-order valence-electron chi connectivity index (χ0n) is 13.3. The van der Waals surface area contributed by atoms with Gasteiger partial charge in [-0.2, -0.15) is 0 Å². The summed E-state index contributed by atoms with van der Waals surface area (Å²) in [5.74, 6) is 2.32. The molecule has 0 aliphatic heterocycles. The van der Waals surface area contributed by atoms with E-state index in [9.17, 15) is 0 Å². The molecule has 4 aromatic rings. The van der Waals surface area contributed by atoms with Crippen molar-refractivity contribution in [2.45, 2.75) is 0 Å². The summed E-state index contributed by atoms with van der Waals surface area (Å²) in [6.07, 6.45) is 0. The molecule has 0 radical (unpaired) electrons. The molecule has 4 nitrogen and oxygen atoms in total. The Balaban J connectivity index is 1.59. The molecule has 3 aromatic carbocycles. The number of aromatic amines is 1. The molecule has 0 bridgehead atoms. The van der Waals surface area contributed by atoms with Crippen LogP contribution < -0.4 is 10.1 Å². The number of aromatic nitrogens is 2. The van der Waals surface area contributed by atoms with Crippen molar-refractivity contribution in [3.8, 4) is 11.5 Å².